The van der Waals surface area contributed by atoms with Crippen LogP contribution in [0.4, 0.5) is 5.69 Å². The van der Waals surface area contributed by atoms with E-state index in [2.05, 4.69) is 5.32 Å². The van der Waals surface area contributed by atoms with Crippen molar-refractivity contribution in [2.75, 3.05) is 11.4 Å². The predicted octanol–water partition coefficient (Wildman–Crippen LogP) is 1.29. The van der Waals surface area contributed by atoms with E-state index in [1.807, 2.05) is 24.3 Å². The van der Waals surface area contributed by atoms with E-state index in [0.29, 0.717) is 13.0 Å². The number of nitrogens with one attached hydrogen (secondary N) is 1. The number of nitrogens with zero attached hydrogens (tertiary/aromatic N) is 2. The highest BCUT2D eigenvalue weighted by atomic mass is 16.2. The number of amides is 2. The van der Waals surface area contributed by atoms with E-state index in [1.54, 1.807) is 23.2 Å². The maximum atomic E-state index is 11.9. The van der Waals surface area contributed by atoms with Crippen LogP contribution in [0, 0.1) is 0 Å². The van der Waals surface area contributed by atoms with Crippen molar-refractivity contribution in [2.24, 2.45) is 0 Å². The molecular formula is C18H19N3O3. The molecule has 2 heterocycles. The Balaban J connectivity index is 1.55. The lowest BCUT2D eigenvalue weighted by molar-refractivity contribution is -0.122. The number of rotatable bonds is 5. The summed E-state index contributed by atoms with van der Waals surface area (Å²) in [5, 5.41) is 2.79. The third kappa shape index (κ3) is 3.71. The average molecular weight is 325 g/mol. The molecule has 1 saturated heterocycles. The van der Waals surface area contributed by atoms with Gasteiger partial charge in [-0.05, 0) is 30.2 Å². The molecule has 24 heavy (non-hydrogen) atoms. The predicted molar refractivity (Wildman–Crippen MR) is 90.6 cm³/mol. The Morgan fingerprint density at radius 3 is 2.54 bits per heavy atom. The highest BCUT2D eigenvalue weighted by Gasteiger charge is 2.21. The molecular weight excluding hydrogens is 306 g/mol. The van der Waals surface area contributed by atoms with E-state index in [1.165, 1.54) is 10.6 Å². The minimum atomic E-state index is -0.220. The van der Waals surface area contributed by atoms with Crippen molar-refractivity contribution in [2.45, 2.75) is 25.9 Å². The fraction of sp³-hybridized carbons (Fsp3) is 0.278. The third-order valence-corrected chi connectivity index (χ3v) is 4.02. The van der Waals surface area contributed by atoms with Gasteiger partial charge in [-0.25, -0.2) is 0 Å². The van der Waals surface area contributed by atoms with Gasteiger partial charge in [-0.2, -0.15) is 0 Å². The first-order chi connectivity index (χ1) is 11.6. The maximum Gasteiger partial charge on any atom is 0.250 e. The van der Waals surface area contributed by atoms with Crippen LogP contribution in [0.5, 0.6) is 0 Å². The SMILES string of the molecule is O=C(Cn1ccccc1=O)NCc1ccc(N2CCCC2=O)cc1. The molecule has 6 heteroatoms. The van der Waals surface area contributed by atoms with Crippen molar-refractivity contribution in [3.8, 4) is 0 Å². The fourth-order valence-corrected chi connectivity index (χ4v) is 2.72. The van der Waals surface area contributed by atoms with E-state index in [9.17, 15) is 14.4 Å². The van der Waals surface area contributed by atoms with Crippen LogP contribution < -0.4 is 15.8 Å². The van der Waals surface area contributed by atoms with Gasteiger partial charge < -0.3 is 14.8 Å². The minimum absolute atomic E-state index is 0.0000362. The van der Waals surface area contributed by atoms with Gasteiger partial charge in [0.1, 0.15) is 6.54 Å². The average Bonchev–Trinajstić information content (AvgIpc) is 3.02. The highest BCUT2D eigenvalue weighted by molar-refractivity contribution is 5.95. The second-order valence-electron chi connectivity index (χ2n) is 5.76. The molecule has 1 fully saturated rings. The molecule has 1 aliphatic rings. The molecule has 0 aliphatic carbocycles. The zero-order chi connectivity index (χ0) is 16.9. The van der Waals surface area contributed by atoms with Crippen LogP contribution in [0.1, 0.15) is 18.4 Å². The van der Waals surface area contributed by atoms with Crippen LogP contribution in [0.2, 0.25) is 0 Å². The summed E-state index contributed by atoms with van der Waals surface area (Å²) < 4.78 is 1.36. The van der Waals surface area contributed by atoms with Gasteiger partial charge in [-0.3, -0.25) is 14.4 Å². The van der Waals surface area contributed by atoms with E-state index in [0.717, 1.165) is 24.2 Å². The number of anilines is 1. The maximum absolute atomic E-state index is 11.9. The zero-order valence-corrected chi connectivity index (χ0v) is 13.3. The molecule has 0 saturated carbocycles. The molecule has 124 valence electrons. The number of aromatic nitrogens is 1. The van der Waals surface area contributed by atoms with Crippen molar-refractivity contribution in [3.63, 3.8) is 0 Å². The summed E-state index contributed by atoms with van der Waals surface area (Å²) in [5.74, 6) is -0.0635. The molecule has 3 rings (SSSR count). The quantitative estimate of drug-likeness (QED) is 0.900. The van der Waals surface area contributed by atoms with Gasteiger partial charge in [0.05, 0.1) is 0 Å². The Morgan fingerprint density at radius 2 is 1.88 bits per heavy atom. The van der Waals surface area contributed by atoms with Crippen molar-refractivity contribution in [1.29, 1.82) is 0 Å². The molecule has 2 aromatic rings. The van der Waals surface area contributed by atoms with Crippen LogP contribution in [-0.2, 0) is 22.7 Å². The first kappa shape index (κ1) is 16.0. The van der Waals surface area contributed by atoms with Gasteiger partial charge in [0, 0.05) is 37.5 Å². The summed E-state index contributed by atoms with van der Waals surface area (Å²) in [4.78, 5) is 37.0. The molecule has 1 aromatic carbocycles. The lowest BCUT2D eigenvalue weighted by Gasteiger charge is -2.16. The third-order valence-electron chi connectivity index (χ3n) is 4.02. The number of pyridine rings is 1. The molecule has 1 N–H and O–H groups in total. The number of carbonyl (C=O) groups is 2. The molecule has 2 amide bonds. The number of hydrogen-bond donors (Lipinski definition) is 1. The van der Waals surface area contributed by atoms with Gasteiger partial charge >= 0.3 is 0 Å². The summed E-state index contributed by atoms with van der Waals surface area (Å²) in [7, 11) is 0. The van der Waals surface area contributed by atoms with Crippen molar-refractivity contribution in [1.82, 2.24) is 9.88 Å². The molecule has 1 aromatic heterocycles. The lowest BCUT2D eigenvalue weighted by atomic mass is 10.2. The Morgan fingerprint density at radius 1 is 1.08 bits per heavy atom. The monoisotopic (exact) mass is 325 g/mol. The van der Waals surface area contributed by atoms with Gasteiger partial charge in [-0.1, -0.05) is 18.2 Å². The van der Waals surface area contributed by atoms with E-state index in [4.69, 9.17) is 0 Å². The highest BCUT2D eigenvalue weighted by Crippen LogP contribution is 2.21. The first-order valence-corrected chi connectivity index (χ1v) is 7.95. The largest absolute Gasteiger partial charge is 0.350 e. The molecule has 0 bridgehead atoms. The smallest absolute Gasteiger partial charge is 0.250 e. The van der Waals surface area contributed by atoms with Crippen LogP contribution in [0.15, 0.2) is 53.5 Å². The zero-order valence-electron chi connectivity index (χ0n) is 13.3. The minimum Gasteiger partial charge on any atom is -0.350 e. The van der Waals surface area contributed by atoms with Gasteiger partial charge in [0.2, 0.25) is 11.8 Å². The van der Waals surface area contributed by atoms with Gasteiger partial charge in [0.15, 0.2) is 0 Å². The van der Waals surface area contributed by atoms with Crippen molar-refractivity contribution < 1.29 is 9.59 Å². The molecule has 0 unspecified atom stereocenters. The normalized spacial score (nSPS) is 14.0. The van der Waals surface area contributed by atoms with Gasteiger partial charge in [0.25, 0.3) is 5.56 Å². The summed E-state index contributed by atoms with van der Waals surface area (Å²) >= 11 is 0. The van der Waals surface area contributed by atoms with Crippen LogP contribution in [0.25, 0.3) is 0 Å². The van der Waals surface area contributed by atoms with Crippen LogP contribution in [-0.4, -0.2) is 22.9 Å². The first-order valence-electron chi connectivity index (χ1n) is 7.95. The fourth-order valence-electron chi connectivity index (χ4n) is 2.72. The second kappa shape index (κ2) is 7.12. The van der Waals surface area contributed by atoms with E-state index < -0.39 is 0 Å². The molecule has 1 aliphatic heterocycles. The molecule has 0 atom stereocenters. The van der Waals surface area contributed by atoms with Crippen LogP contribution in [0.3, 0.4) is 0 Å². The second-order valence-corrected chi connectivity index (χ2v) is 5.76. The topological polar surface area (TPSA) is 71.4 Å². The van der Waals surface area contributed by atoms with Crippen molar-refractivity contribution in [3.05, 3.63) is 64.6 Å². The molecule has 6 nitrogen and oxygen atoms in total. The van der Waals surface area contributed by atoms with E-state index >= 15 is 0 Å². The Kier molecular flexibility index (Phi) is 4.74. The summed E-state index contributed by atoms with van der Waals surface area (Å²) in [6.45, 7) is 1.15. The number of carbonyl (C=O) groups excluding carboxylic acids is 2. The Hall–Kier alpha value is -2.89. The van der Waals surface area contributed by atoms with Crippen LogP contribution >= 0.6 is 0 Å². The van der Waals surface area contributed by atoms with Gasteiger partial charge in [-0.15, -0.1) is 0 Å². The standard InChI is InChI=1S/C18H19N3O3/c22-16(13-20-10-2-1-4-17(20)23)19-12-14-6-8-15(9-7-14)21-11-3-5-18(21)24/h1-2,4,6-10H,3,5,11-13H2,(H,19,22). The summed E-state index contributed by atoms with van der Waals surface area (Å²) in [5.41, 5.74) is 1.63. The number of benzene rings is 1. The summed E-state index contributed by atoms with van der Waals surface area (Å²) in [6, 6.07) is 12.4. The Bertz CT molecular complexity index is 796. The van der Waals surface area contributed by atoms with E-state index in [-0.39, 0.29) is 23.9 Å². The molecule has 0 spiro atoms. The Labute approximate surface area is 139 Å². The number of hydrogen-bond acceptors (Lipinski definition) is 3. The molecule has 0 radical (unpaired) electrons. The lowest BCUT2D eigenvalue weighted by Crippen LogP contribution is -2.31. The summed E-state index contributed by atoms with van der Waals surface area (Å²) in [6.07, 6.45) is 3.09. The van der Waals surface area contributed by atoms with Crippen molar-refractivity contribution >= 4 is 17.5 Å².